The van der Waals surface area contributed by atoms with Crippen molar-refractivity contribution in [2.45, 2.75) is 39.7 Å². The molecule has 0 bridgehead atoms. The largest absolute Gasteiger partial charge is 0.506 e. The molecule has 3 aromatic rings. The van der Waals surface area contributed by atoms with Crippen molar-refractivity contribution in [1.82, 2.24) is 0 Å². The van der Waals surface area contributed by atoms with Crippen molar-refractivity contribution < 1.29 is 23.8 Å². The average molecular weight is 527 g/mol. The van der Waals surface area contributed by atoms with E-state index in [1.807, 2.05) is 30.3 Å². The maximum atomic E-state index is 15.9. The minimum atomic E-state index is -0.910. The Kier molecular flexibility index (Phi) is 7.21. The number of nitrogens with zero attached hydrogens (tertiary/aromatic N) is 1. The van der Waals surface area contributed by atoms with Gasteiger partial charge in [-0.25, -0.2) is 4.39 Å². The van der Waals surface area contributed by atoms with E-state index < -0.39 is 11.9 Å². The lowest BCUT2D eigenvalue weighted by atomic mass is 9.85. The van der Waals surface area contributed by atoms with Gasteiger partial charge in [-0.15, -0.1) is 5.92 Å². The van der Waals surface area contributed by atoms with E-state index in [0.717, 1.165) is 5.56 Å². The van der Waals surface area contributed by atoms with Crippen molar-refractivity contribution >= 4 is 17.3 Å². The van der Waals surface area contributed by atoms with Crippen LogP contribution < -0.4 is 15.0 Å². The Balaban J connectivity index is 1.68. The molecule has 200 valence electrons. The number of hydrogen-bond donors (Lipinski definition) is 2. The first-order valence-corrected chi connectivity index (χ1v) is 12.9. The number of nitrogens with one attached hydrogen (secondary N) is 1. The van der Waals surface area contributed by atoms with E-state index in [2.05, 4.69) is 31.0 Å². The van der Waals surface area contributed by atoms with Gasteiger partial charge in [0.05, 0.1) is 24.4 Å². The van der Waals surface area contributed by atoms with E-state index in [0.29, 0.717) is 41.6 Å². The van der Waals surface area contributed by atoms with E-state index in [9.17, 15) is 9.90 Å². The van der Waals surface area contributed by atoms with Gasteiger partial charge in [-0.1, -0.05) is 56.2 Å². The number of amides is 1. The van der Waals surface area contributed by atoms with Crippen LogP contribution >= 0.6 is 0 Å². The van der Waals surface area contributed by atoms with Gasteiger partial charge in [0.2, 0.25) is 5.91 Å². The zero-order chi connectivity index (χ0) is 27.6. The second-order valence-corrected chi connectivity index (χ2v) is 10.5. The number of phenols is 1. The van der Waals surface area contributed by atoms with Gasteiger partial charge in [0.25, 0.3) is 0 Å². The number of fused-ring (bicyclic) bond motifs is 1. The monoisotopic (exact) mass is 526 g/mol. The predicted octanol–water partition coefficient (Wildman–Crippen LogP) is 6.33. The van der Waals surface area contributed by atoms with Crippen molar-refractivity contribution in [3.05, 3.63) is 95.1 Å². The highest BCUT2D eigenvalue weighted by atomic mass is 19.1. The van der Waals surface area contributed by atoms with Crippen molar-refractivity contribution in [1.29, 1.82) is 0 Å². The normalized spacial score (nSPS) is 17.4. The van der Waals surface area contributed by atoms with Gasteiger partial charge in [0.1, 0.15) is 41.4 Å². The van der Waals surface area contributed by atoms with Crippen LogP contribution in [0.4, 0.5) is 15.8 Å². The van der Waals surface area contributed by atoms with Gasteiger partial charge in [0, 0.05) is 17.0 Å². The van der Waals surface area contributed by atoms with Crippen LogP contribution in [-0.2, 0) is 16.0 Å². The van der Waals surface area contributed by atoms with Crippen molar-refractivity contribution in [2.24, 2.45) is 5.41 Å². The highest BCUT2D eigenvalue weighted by Gasteiger charge is 2.42. The number of ether oxygens (including phenoxy) is 2. The average Bonchev–Trinajstić information content (AvgIpc) is 3.04. The van der Waals surface area contributed by atoms with Crippen LogP contribution in [0.5, 0.6) is 11.5 Å². The summed E-state index contributed by atoms with van der Waals surface area (Å²) >= 11 is 0. The molecular formula is C32H31FN2O4. The van der Waals surface area contributed by atoms with Crippen molar-refractivity contribution in [3.63, 3.8) is 0 Å². The highest BCUT2D eigenvalue weighted by molar-refractivity contribution is 6.01. The third-order valence-electron chi connectivity index (χ3n) is 6.85. The zero-order valence-electron chi connectivity index (χ0n) is 22.3. The molecule has 2 aliphatic rings. The van der Waals surface area contributed by atoms with Gasteiger partial charge in [-0.3, -0.25) is 9.69 Å². The number of phenolic OH excluding ortho intramolecular Hbond substituents is 1. The third-order valence-corrected chi connectivity index (χ3v) is 6.85. The molecule has 2 aliphatic heterocycles. The Morgan fingerprint density at radius 3 is 2.72 bits per heavy atom. The van der Waals surface area contributed by atoms with Crippen LogP contribution in [0.25, 0.3) is 0 Å². The molecule has 2 N–H and O–H groups in total. The molecule has 0 aliphatic carbocycles. The lowest BCUT2D eigenvalue weighted by Crippen LogP contribution is -2.39. The number of para-hydroxylation sites is 1. The Labute approximate surface area is 228 Å². The quantitative estimate of drug-likeness (QED) is 0.300. The summed E-state index contributed by atoms with van der Waals surface area (Å²) in [6.45, 7) is 6.40. The zero-order valence-corrected chi connectivity index (χ0v) is 22.3. The fourth-order valence-electron chi connectivity index (χ4n) is 5.02. The molecule has 0 aromatic heterocycles. The summed E-state index contributed by atoms with van der Waals surface area (Å²) in [5.74, 6) is 5.53. The molecular weight excluding hydrogens is 495 g/mol. The number of anilines is 2. The van der Waals surface area contributed by atoms with Crippen LogP contribution in [0.15, 0.2) is 78.2 Å². The van der Waals surface area contributed by atoms with Crippen molar-refractivity contribution in [2.75, 3.05) is 23.4 Å². The number of benzene rings is 3. The minimum Gasteiger partial charge on any atom is -0.506 e. The Morgan fingerprint density at radius 2 is 1.97 bits per heavy atom. The summed E-state index contributed by atoms with van der Waals surface area (Å²) in [4.78, 5) is 15.6. The van der Waals surface area contributed by atoms with Crippen molar-refractivity contribution in [3.8, 4) is 23.3 Å². The van der Waals surface area contributed by atoms with E-state index >= 15 is 4.39 Å². The molecule has 0 saturated carbocycles. The molecule has 39 heavy (non-hydrogen) atoms. The van der Waals surface area contributed by atoms with Gasteiger partial charge in [-0.05, 0) is 43.2 Å². The number of carbonyl (C=O) groups excluding carboxylic acids is 1. The molecule has 1 amide bonds. The summed E-state index contributed by atoms with van der Waals surface area (Å²) in [5, 5.41) is 14.2. The molecule has 6 nitrogen and oxygen atoms in total. The van der Waals surface area contributed by atoms with Crippen LogP contribution in [0, 0.1) is 23.1 Å². The smallest absolute Gasteiger partial charge is 0.232 e. The van der Waals surface area contributed by atoms with Crippen LogP contribution in [-0.4, -0.2) is 24.2 Å². The molecule has 0 fully saturated rings. The lowest BCUT2D eigenvalue weighted by molar-refractivity contribution is -0.118. The predicted molar refractivity (Wildman–Crippen MR) is 149 cm³/mol. The van der Waals surface area contributed by atoms with Gasteiger partial charge in [0.15, 0.2) is 0 Å². The second kappa shape index (κ2) is 10.7. The number of rotatable bonds is 5. The summed E-state index contributed by atoms with van der Waals surface area (Å²) in [6.07, 6.45) is 0.671. The first-order valence-electron chi connectivity index (χ1n) is 12.9. The number of carbonyl (C=O) groups is 1. The molecule has 2 heterocycles. The summed E-state index contributed by atoms with van der Waals surface area (Å²) in [5.41, 5.74) is 2.40. The third kappa shape index (κ3) is 5.42. The standard InChI is InChI=1S/C32H31FN2O4/c1-4-5-16-38-22-14-15-23(24(33)18-22)30-31-25(19-32(2,3)20-39-31)34-29-26(12-9-13-27(29)36)35(30)28(37)17-21-10-7-6-8-11-21/h6-15,18,30,34,36H,16-17,19-20H2,1-3H3. The molecule has 1 unspecified atom stereocenters. The number of aromatic hydroxyl groups is 1. The maximum Gasteiger partial charge on any atom is 0.232 e. The van der Waals surface area contributed by atoms with E-state index in [4.69, 9.17) is 9.47 Å². The molecule has 7 heteroatoms. The number of allylic oxidation sites excluding steroid dienone is 1. The fourth-order valence-corrected chi connectivity index (χ4v) is 5.02. The molecule has 0 radical (unpaired) electrons. The van der Waals surface area contributed by atoms with E-state index in [-0.39, 0.29) is 35.7 Å². The summed E-state index contributed by atoms with van der Waals surface area (Å²) in [7, 11) is 0. The molecule has 5 rings (SSSR count). The Hall–Kier alpha value is -4.44. The van der Waals surface area contributed by atoms with E-state index in [1.165, 1.54) is 11.0 Å². The van der Waals surface area contributed by atoms with E-state index in [1.54, 1.807) is 37.3 Å². The summed E-state index contributed by atoms with van der Waals surface area (Å²) in [6, 6.07) is 18.1. The Bertz CT molecular complexity index is 1490. The first kappa shape index (κ1) is 26.2. The van der Waals surface area contributed by atoms with Gasteiger partial charge in [-0.2, -0.15) is 0 Å². The van der Waals surface area contributed by atoms with Gasteiger partial charge < -0.3 is 19.9 Å². The first-order chi connectivity index (χ1) is 18.8. The van der Waals surface area contributed by atoms with Crippen LogP contribution in [0.3, 0.4) is 0 Å². The van der Waals surface area contributed by atoms with Crippen LogP contribution in [0.2, 0.25) is 0 Å². The molecule has 1 atom stereocenters. The Morgan fingerprint density at radius 1 is 1.18 bits per heavy atom. The topological polar surface area (TPSA) is 71.0 Å². The number of hydrogen-bond acceptors (Lipinski definition) is 5. The molecule has 0 saturated heterocycles. The fraction of sp³-hybridized carbons (Fsp3) is 0.281. The molecule has 3 aromatic carbocycles. The SMILES string of the molecule is CC#CCOc1ccc(C2C3=C(CC(C)(C)CO3)Nc3c(O)cccc3N2C(=O)Cc2ccccc2)c(F)c1. The second-order valence-electron chi connectivity index (χ2n) is 10.5. The minimum absolute atomic E-state index is 0.0119. The van der Waals surface area contributed by atoms with Crippen LogP contribution in [0.1, 0.15) is 44.4 Å². The summed E-state index contributed by atoms with van der Waals surface area (Å²) < 4.78 is 27.8. The number of halogens is 1. The highest BCUT2D eigenvalue weighted by Crippen LogP contribution is 2.49. The lowest BCUT2D eigenvalue weighted by Gasteiger charge is -2.38. The maximum absolute atomic E-state index is 15.9. The van der Waals surface area contributed by atoms with Gasteiger partial charge >= 0.3 is 0 Å². The molecule has 0 spiro atoms.